The molecule has 0 aliphatic heterocycles. The second-order valence-corrected chi connectivity index (χ2v) is 7.13. The first-order valence-electron chi connectivity index (χ1n) is 7.80. The SMILES string of the molecule is Cc1nn(-c2ccccc2)c([O-])c1N=Nc1cc(S(=O)(=O)O)cc([N+](=O)[O-])c1[O-].[Cr+3]. The zero-order valence-corrected chi connectivity index (χ0v) is 17.1. The molecule has 0 saturated carbocycles. The number of aryl methyl sites for hydroxylation is 1. The fourth-order valence-electron chi connectivity index (χ4n) is 2.39. The molecule has 0 saturated heterocycles. The summed E-state index contributed by atoms with van der Waals surface area (Å²) in [6.07, 6.45) is 0. The molecule has 2 aromatic carbocycles. The van der Waals surface area contributed by atoms with Gasteiger partial charge in [-0.1, -0.05) is 18.2 Å². The zero-order valence-electron chi connectivity index (χ0n) is 15.0. The van der Waals surface area contributed by atoms with Crippen molar-refractivity contribution in [3.05, 3.63) is 58.3 Å². The maximum absolute atomic E-state index is 12.5. The van der Waals surface area contributed by atoms with E-state index in [0.29, 0.717) is 17.8 Å². The minimum absolute atomic E-state index is 0. The van der Waals surface area contributed by atoms with Gasteiger partial charge in [0, 0.05) is 17.7 Å². The first kappa shape index (κ1) is 23.0. The van der Waals surface area contributed by atoms with E-state index < -0.39 is 42.9 Å². The quantitative estimate of drug-likeness (QED) is 0.254. The monoisotopic (exact) mass is 469 g/mol. The van der Waals surface area contributed by atoms with Crippen molar-refractivity contribution >= 4 is 27.2 Å². The van der Waals surface area contributed by atoms with Crippen LogP contribution in [-0.4, -0.2) is 27.7 Å². The molecule has 1 radical (unpaired) electrons. The summed E-state index contributed by atoms with van der Waals surface area (Å²) in [5.74, 6) is -1.89. The molecule has 30 heavy (non-hydrogen) atoms. The van der Waals surface area contributed by atoms with E-state index in [4.69, 9.17) is 4.55 Å². The number of benzene rings is 2. The number of nitrogens with zero attached hydrogens (tertiary/aromatic N) is 5. The number of rotatable bonds is 5. The van der Waals surface area contributed by atoms with Crippen molar-refractivity contribution in [2.45, 2.75) is 11.8 Å². The predicted octanol–water partition coefficient (Wildman–Crippen LogP) is 1.90. The van der Waals surface area contributed by atoms with Gasteiger partial charge in [0.05, 0.1) is 22.0 Å². The van der Waals surface area contributed by atoms with Gasteiger partial charge in [0.15, 0.2) is 0 Å². The molecule has 0 bridgehead atoms. The molecule has 0 fully saturated rings. The maximum atomic E-state index is 12.5. The van der Waals surface area contributed by atoms with Crippen molar-refractivity contribution < 1.29 is 45.5 Å². The molecule has 153 valence electrons. The van der Waals surface area contributed by atoms with Crippen LogP contribution in [-0.2, 0) is 27.5 Å². The third-order valence-electron chi connectivity index (χ3n) is 3.76. The number of azo groups is 1. The summed E-state index contributed by atoms with van der Waals surface area (Å²) < 4.78 is 32.8. The zero-order chi connectivity index (χ0) is 21.3. The summed E-state index contributed by atoms with van der Waals surface area (Å²) in [6, 6.07) is 9.42. The Kier molecular flexibility index (Phi) is 6.58. The molecule has 0 amide bonds. The van der Waals surface area contributed by atoms with Gasteiger partial charge >= 0.3 is 17.4 Å². The van der Waals surface area contributed by atoms with E-state index in [1.807, 2.05) is 0 Å². The molecular weight excluding hydrogens is 458 g/mol. The van der Waals surface area contributed by atoms with E-state index in [1.54, 1.807) is 30.3 Å². The molecule has 1 N–H and O–H groups in total. The summed E-state index contributed by atoms with van der Waals surface area (Å²) >= 11 is 0. The van der Waals surface area contributed by atoms with Crippen molar-refractivity contribution in [1.29, 1.82) is 0 Å². The number of hydrogen-bond donors (Lipinski definition) is 1. The molecule has 0 aliphatic carbocycles. The fourth-order valence-corrected chi connectivity index (χ4v) is 2.91. The smallest absolute Gasteiger partial charge is 0.866 e. The minimum atomic E-state index is -4.85. The Morgan fingerprint density at radius 3 is 2.33 bits per heavy atom. The molecule has 1 heterocycles. The van der Waals surface area contributed by atoms with Crippen LogP contribution in [0.25, 0.3) is 5.69 Å². The minimum Gasteiger partial charge on any atom is -0.866 e. The van der Waals surface area contributed by atoms with Crippen molar-refractivity contribution in [3.63, 3.8) is 0 Å². The summed E-state index contributed by atoms with van der Waals surface area (Å²) in [7, 11) is -4.85. The van der Waals surface area contributed by atoms with E-state index in [9.17, 15) is 28.7 Å². The number of nitro benzene ring substituents is 1. The van der Waals surface area contributed by atoms with Crippen LogP contribution in [0.1, 0.15) is 5.69 Å². The van der Waals surface area contributed by atoms with Gasteiger partial charge in [-0.05, 0) is 25.1 Å². The summed E-state index contributed by atoms with van der Waals surface area (Å²) in [5.41, 5.74) is -1.48. The van der Waals surface area contributed by atoms with Gasteiger partial charge in [-0.25, -0.2) is 4.68 Å². The molecule has 0 atom stereocenters. The number of para-hydroxylation sites is 1. The Balaban J connectivity index is 0.00000320. The van der Waals surface area contributed by atoms with E-state index in [0.717, 1.165) is 4.68 Å². The van der Waals surface area contributed by atoms with Crippen molar-refractivity contribution in [3.8, 4) is 17.3 Å². The molecular formula is C16H11CrN5O7S+. The summed E-state index contributed by atoms with van der Waals surface area (Å²) in [5, 5.41) is 46.8. The van der Waals surface area contributed by atoms with Gasteiger partial charge in [-0.15, -0.1) is 5.11 Å². The van der Waals surface area contributed by atoms with Crippen LogP contribution in [0.15, 0.2) is 57.6 Å². The number of hydrogen-bond acceptors (Lipinski definition) is 9. The van der Waals surface area contributed by atoms with Crippen molar-refractivity contribution in [1.82, 2.24) is 9.78 Å². The Labute approximate surface area is 180 Å². The molecule has 0 aliphatic rings. The summed E-state index contributed by atoms with van der Waals surface area (Å²) in [4.78, 5) is 8.97. The number of aromatic nitrogens is 2. The normalized spacial score (nSPS) is 11.4. The van der Waals surface area contributed by atoms with Gasteiger partial charge in [0.25, 0.3) is 15.8 Å². The second-order valence-electron chi connectivity index (χ2n) is 5.71. The molecule has 14 heteroatoms. The van der Waals surface area contributed by atoms with Crippen molar-refractivity contribution in [2.75, 3.05) is 0 Å². The molecule has 3 rings (SSSR count). The van der Waals surface area contributed by atoms with E-state index in [-0.39, 0.29) is 28.7 Å². The first-order chi connectivity index (χ1) is 13.6. The Bertz CT molecular complexity index is 1240. The average molecular weight is 469 g/mol. The molecule has 0 unspecified atom stereocenters. The van der Waals surface area contributed by atoms with Gasteiger partial charge in [-0.2, -0.15) is 18.6 Å². The van der Waals surface area contributed by atoms with E-state index in [1.165, 1.54) is 6.92 Å². The van der Waals surface area contributed by atoms with E-state index in [2.05, 4.69) is 15.3 Å². The molecule has 0 spiro atoms. The fraction of sp³-hybridized carbons (Fsp3) is 0.0625. The number of nitro groups is 1. The van der Waals surface area contributed by atoms with Gasteiger partial charge < -0.3 is 10.2 Å². The van der Waals surface area contributed by atoms with Gasteiger partial charge in [0.1, 0.15) is 10.6 Å². The Hall–Kier alpha value is -3.31. The molecule has 1 aromatic heterocycles. The summed E-state index contributed by atoms with van der Waals surface area (Å²) in [6.45, 7) is 1.46. The van der Waals surface area contributed by atoms with Crippen LogP contribution < -0.4 is 10.2 Å². The Morgan fingerprint density at radius 2 is 1.77 bits per heavy atom. The van der Waals surface area contributed by atoms with Crippen LogP contribution in [0.3, 0.4) is 0 Å². The van der Waals surface area contributed by atoms with Crippen LogP contribution in [0.4, 0.5) is 17.1 Å². The van der Waals surface area contributed by atoms with Crippen LogP contribution in [0, 0.1) is 17.0 Å². The van der Waals surface area contributed by atoms with Crippen LogP contribution in [0.2, 0.25) is 0 Å². The standard InChI is InChI=1S/C16H13N5O7S.Cr/c1-9-14(16(23)20(19-9)10-5-3-2-4-6-10)18-17-12-7-11(29(26,27)28)8-13(15(12)22)21(24)25;/h2-8,22-23H,1H3,(H,26,27,28);/q;+3/p-2. The first-order valence-corrected chi connectivity index (χ1v) is 9.24. The molecule has 3 aromatic rings. The van der Waals surface area contributed by atoms with Crippen molar-refractivity contribution in [2.24, 2.45) is 10.2 Å². The van der Waals surface area contributed by atoms with Gasteiger partial charge in [-0.3, -0.25) is 14.7 Å². The predicted molar refractivity (Wildman–Crippen MR) is 94.3 cm³/mol. The topological polar surface area (TPSA) is 186 Å². The average Bonchev–Trinajstić information content (AvgIpc) is 2.94. The largest absolute Gasteiger partial charge is 3.00 e. The van der Waals surface area contributed by atoms with Crippen LogP contribution in [0.5, 0.6) is 11.6 Å². The third kappa shape index (κ3) is 4.47. The molecule has 12 nitrogen and oxygen atoms in total. The van der Waals surface area contributed by atoms with Gasteiger partial charge in [0.2, 0.25) is 0 Å². The van der Waals surface area contributed by atoms with Crippen LogP contribution >= 0.6 is 0 Å². The third-order valence-corrected chi connectivity index (χ3v) is 4.60. The Morgan fingerprint density at radius 1 is 1.13 bits per heavy atom. The van der Waals surface area contributed by atoms with E-state index >= 15 is 0 Å². The maximum Gasteiger partial charge on any atom is 3.00 e. The second kappa shape index (κ2) is 8.59.